The number of nitro groups is 1. The van der Waals surface area contributed by atoms with Gasteiger partial charge in [0.25, 0.3) is 11.6 Å². The van der Waals surface area contributed by atoms with E-state index >= 15 is 0 Å². The number of carbonyl (C=O) groups is 1. The molecule has 7 nitrogen and oxygen atoms in total. The maximum absolute atomic E-state index is 13.2. The van der Waals surface area contributed by atoms with Gasteiger partial charge >= 0.3 is 12.4 Å². The number of hydrogen-bond acceptors (Lipinski definition) is 4. The van der Waals surface area contributed by atoms with Crippen LogP contribution in [0.5, 0.6) is 0 Å². The summed E-state index contributed by atoms with van der Waals surface area (Å²) in [6.45, 7) is 1.38. The third-order valence-electron chi connectivity index (χ3n) is 4.41. The van der Waals surface area contributed by atoms with E-state index < -0.39 is 34.6 Å². The number of nitrogens with zero attached hydrogens (tertiary/aromatic N) is 3. The molecule has 0 saturated heterocycles. The molecular formula is C19H12F6N4O3. The molecule has 0 radical (unpaired) electrons. The molecule has 32 heavy (non-hydrogen) atoms. The summed E-state index contributed by atoms with van der Waals surface area (Å²) in [5.41, 5.74) is -3.70. The minimum atomic E-state index is -5.09. The van der Waals surface area contributed by atoms with Crippen LogP contribution in [0.15, 0.2) is 48.5 Å². The average molecular weight is 458 g/mol. The second kappa shape index (κ2) is 7.98. The van der Waals surface area contributed by atoms with Crippen LogP contribution in [0.25, 0.3) is 5.69 Å². The summed E-state index contributed by atoms with van der Waals surface area (Å²) >= 11 is 0. The van der Waals surface area contributed by atoms with Gasteiger partial charge in [0.15, 0.2) is 5.69 Å². The van der Waals surface area contributed by atoms with Crippen molar-refractivity contribution in [2.75, 3.05) is 5.32 Å². The fourth-order valence-electron chi connectivity index (χ4n) is 2.87. The van der Waals surface area contributed by atoms with E-state index in [2.05, 4.69) is 10.4 Å². The Morgan fingerprint density at radius 2 is 1.66 bits per heavy atom. The molecule has 0 aliphatic carbocycles. The van der Waals surface area contributed by atoms with Crippen molar-refractivity contribution in [3.63, 3.8) is 0 Å². The molecule has 1 aromatic heterocycles. The standard InChI is InChI=1S/C19H12F6N4O3/c1-10-13(3-2-4-14(10)29(31)32)17(30)26-11-5-7-12(8-6-11)28-16(19(23,24)25)9-15(27-28)18(20,21)22/h2-9H,1H3,(H,26,30). The number of nitrogens with one attached hydrogen (secondary N) is 1. The van der Waals surface area contributed by atoms with Crippen molar-refractivity contribution in [1.82, 2.24) is 9.78 Å². The van der Waals surface area contributed by atoms with Gasteiger partial charge in [0.05, 0.1) is 10.6 Å². The number of hydrogen-bond donors (Lipinski definition) is 1. The molecule has 1 N–H and O–H groups in total. The van der Waals surface area contributed by atoms with Gasteiger partial charge < -0.3 is 5.32 Å². The molecule has 0 spiro atoms. The molecule has 3 rings (SSSR count). The summed E-state index contributed by atoms with van der Waals surface area (Å²) in [4.78, 5) is 22.8. The Labute approximate surface area is 175 Å². The maximum Gasteiger partial charge on any atom is 0.435 e. The molecule has 0 fully saturated rings. The summed E-state index contributed by atoms with van der Waals surface area (Å²) in [5, 5.41) is 16.4. The lowest BCUT2D eigenvalue weighted by Crippen LogP contribution is -2.15. The number of amides is 1. The second-order valence-electron chi connectivity index (χ2n) is 6.53. The number of halogens is 6. The highest BCUT2D eigenvalue weighted by Crippen LogP contribution is 2.36. The molecule has 1 heterocycles. The highest BCUT2D eigenvalue weighted by molar-refractivity contribution is 6.05. The zero-order valence-corrected chi connectivity index (χ0v) is 16.0. The van der Waals surface area contributed by atoms with Crippen molar-refractivity contribution in [3.05, 3.63) is 81.2 Å². The van der Waals surface area contributed by atoms with Gasteiger partial charge in [0, 0.05) is 28.9 Å². The van der Waals surface area contributed by atoms with Gasteiger partial charge in [-0.3, -0.25) is 14.9 Å². The van der Waals surface area contributed by atoms with Gasteiger partial charge in [-0.25, -0.2) is 4.68 Å². The van der Waals surface area contributed by atoms with Crippen LogP contribution in [-0.2, 0) is 12.4 Å². The van der Waals surface area contributed by atoms with Gasteiger partial charge in [-0.15, -0.1) is 0 Å². The number of aromatic nitrogens is 2. The first kappa shape index (κ1) is 22.8. The zero-order chi connectivity index (χ0) is 23.8. The van der Waals surface area contributed by atoms with E-state index in [1.807, 2.05) is 0 Å². The Bertz CT molecular complexity index is 1180. The monoisotopic (exact) mass is 458 g/mol. The fourth-order valence-corrected chi connectivity index (χ4v) is 2.87. The number of nitro benzene ring substituents is 1. The van der Waals surface area contributed by atoms with Crippen molar-refractivity contribution in [2.45, 2.75) is 19.3 Å². The van der Waals surface area contributed by atoms with Crippen LogP contribution in [0, 0.1) is 17.0 Å². The van der Waals surface area contributed by atoms with Crippen LogP contribution in [0.4, 0.5) is 37.7 Å². The Morgan fingerprint density at radius 3 is 2.19 bits per heavy atom. The molecule has 0 aliphatic rings. The van der Waals surface area contributed by atoms with Crippen LogP contribution >= 0.6 is 0 Å². The van der Waals surface area contributed by atoms with Gasteiger partial charge in [0.1, 0.15) is 5.69 Å². The van der Waals surface area contributed by atoms with E-state index in [-0.39, 0.29) is 38.9 Å². The average Bonchev–Trinajstić information content (AvgIpc) is 3.15. The lowest BCUT2D eigenvalue weighted by molar-refractivity contribution is -0.385. The predicted molar refractivity (Wildman–Crippen MR) is 99.4 cm³/mol. The van der Waals surface area contributed by atoms with Crippen molar-refractivity contribution < 1.29 is 36.1 Å². The van der Waals surface area contributed by atoms with E-state index in [0.717, 1.165) is 24.3 Å². The Hall–Kier alpha value is -3.90. The first-order valence-corrected chi connectivity index (χ1v) is 8.69. The minimum absolute atomic E-state index is 0.00419. The molecule has 3 aromatic rings. The summed E-state index contributed by atoms with van der Waals surface area (Å²) in [7, 11) is 0. The number of alkyl halides is 6. The van der Waals surface area contributed by atoms with E-state index in [1.165, 1.54) is 25.1 Å². The normalized spacial score (nSPS) is 12.0. The quantitative estimate of drug-likeness (QED) is 0.323. The smallest absolute Gasteiger partial charge is 0.322 e. The topological polar surface area (TPSA) is 90.1 Å². The minimum Gasteiger partial charge on any atom is -0.322 e. The van der Waals surface area contributed by atoms with Gasteiger partial charge in [-0.2, -0.15) is 31.4 Å². The maximum atomic E-state index is 13.2. The summed E-state index contributed by atoms with van der Waals surface area (Å²) < 4.78 is 78.1. The Kier molecular flexibility index (Phi) is 5.68. The molecule has 0 bridgehead atoms. The number of benzene rings is 2. The van der Waals surface area contributed by atoms with E-state index in [1.54, 1.807) is 0 Å². The molecule has 0 unspecified atom stereocenters. The van der Waals surface area contributed by atoms with E-state index in [4.69, 9.17) is 0 Å². The van der Waals surface area contributed by atoms with E-state index in [9.17, 15) is 41.3 Å². The first-order chi connectivity index (χ1) is 14.8. The molecule has 0 saturated carbocycles. The molecular weight excluding hydrogens is 446 g/mol. The Morgan fingerprint density at radius 1 is 1.03 bits per heavy atom. The summed E-state index contributed by atoms with van der Waals surface area (Å²) in [6, 6.07) is 8.20. The highest BCUT2D eigenvalue weighted by atomic mass is 19.4. The third-order valence-corrected chi connectivity index (χ3v) is 4.41. The van der Waals surface area contributed by atoms with E-state index in [0.29, 0.717) is 0 Å². The lowest BCUT2D eigenvalue weighted by Gasteiger charge is -2.11. The number of rotatable bonds is 4. The largest absolute Gasteiger partial charge is 0.435 e. The van der Waals surface area contributed by atoms with Crippen LogP contribution in [0.3, 0.4) is 0 Å². The van der Waals surface area contributed by atoms with Crippen LogP contribution < -0.4 is 5.32 Å². The van der Waals surface area contributed by atoms with Gasteiger partial charge in [-0.1, -0.05) is 6.07 Å². The molecule has 0 aliphatic heterocycles. The first-order valence-electron chi connectivity index (χ1n) is 8.69. The van der Waals surface area contributed by atoms with Crippen molar-refractivity contribution >= 4 is 17.3 Å². The molecule has 13 heteroatoms. The number of carbonyl (C=O) groups excluding carboxylic acids is 1. The summed E-state index contributed by atoms with van der Waals surface area (Å²) in [6.07, 6.45) is -10.2. The molecule has 1 amide bonds. The number of anilines is 1. The van der Waals surface area contributed by atoms with Crippen molar-refractivity contribution in [2.24, 2.45) is 0 Å². The van der Waals surface area contributed by atoms with Crippen LogP contribution in [-0.4, -0.2) is 20.6 Å². The van der Waals surface area contributed by atoms with Crippen LogP contribution in [0.2, 0.25) is 0 Å². The second-order valence-corrected chi connectivity index (χ2v) is 6.53. The predicted octanol–water partition coefficient (Wildman–Crippen LogP) is 5.38. The van der Waals surface area contributed by atoms with Crippen molar-refractivity contribution in [1.29, 1.82) is 0 Å². The lowest BCUT2D eigenvalue weighted by atomic mass is 10.1. The highest BCUT2D eigenvalue weighted by Gasteiger charge is 2.42. The SMILES string of the molecule is Cc1c(C(=O)Nc2ccc(-n3nc(C(F)(F)F)cc3C(F)(F)F)cc2)cccc1[N+](=O)[O-]. The Balaban J connectivity index is 1.90. The van der Waals surface area contributed by atoms with Gasteiger partial charge in [0.2, 0.25) is 0 Å². The fraction of sp³-hybridized carbons (Fsp3) is 0.158. The van der Waals surface area contributed by atoms with Crippen LogP contribution in [0.1, 0.15) is 27.3 Å². The van der Waals surface area contributed by atoms with Gasteiger partial charge in [-0.05, 0) is 37.3 Å². The molecule has 0 atom stereocenters. The third kappa shape index (κ3) is 4.55. The molecule has 2 aromatic carbocycles. The summed E-state index contributed by atoms with van der Waals surface area (Å²) in [5.74, 6) is -0.714. The molecule has 168 valence electrons. The zero-order valence-electron chi connectivity index (χ0n) is 16.0. The van der Waals surface area contributed by atoms with Crippen molar-refractivity contribution in [3.8, 4) is 5.69 Å².